The Hall–Kier alpha value is -0.730. The SMILES string of the molecule is CNC(C1=CCCCC1)C1Cc2ccccc2S1. The third kappa shape index (κ3) is 2.36. The van der Waals surface area contributed by atoms with Crippen molar-refractivity contribution in [3.8, 4) is 0 Å². The Morgan fingerprint density at radius 1 is 1.28 bits per heavy atom. The molecule has 1 aliphatic heterocycles. The zero-order chi connectivity index (χ0) is 12.4. The average molecular weight is 259 g/mol. The van der Waals surface area contributed by atoms with E-state index < -0.39 is 0 Å². The highest BCUT2D eigenvalue weighted by Crippen LogP contribution is 2.40. The van der Waals surface area contributed by atoms with E-state index in [1.807, 2.05) is 0 Å². The van der Waals surface area contributed by atoms with Gasteiger partial charge < -0.3 is 5.32 Å². The summed E-state index contributed by atoms with van der Waals surface area (Å²) in [6.07, 6.45) is 9.00. The number of nitrogens with one attached hydrogen (secondary N) is 1. The highest BCUT2D eigenvalue weighted by Gasteiger charge is 2.30. The molecule has 1 aromatic rings. The Balaban J connectivity index is 1.77. The maximum atomic E-state index is 3.56. The van der Waals surface area contributed by atoms with Crippen LogP contribution in [-0.2, 0) is 6.42 Å². The molecule has 0 saturated heterocycles. The molecule has 2 heteroatoms. The second-order valence-electron chi connectivity index (χ2n) is 5.26. The van der Waals surface area contributed by atoms with E-state index in [1.54, 1.807) is 5.57 Å². The monoisotopic (exact) mass is 259 g/mol. The van der Waals surface area contributed by atoms with Gasteiger partial charge in [0.05, 0.1) is 0 Å². The normalized spacial score (nSPS) is 24.5. The third-order valence-electron chi connectivity index (χ3n) is 4.08. The van der Waals surface area contributed by atoms with E-state index in [-0.39, 0.29) is 0 Å². The topological polar surface area (TPSA) is 12.0 Å². The summed E-state index contributed by atoms with van der Waals surface area (Å²) < 4.78 is 0. The second kappa shape index (κ2) is 5.50. The maximum absolute atomic E-state index is 3.56. The van der Waals surface area contributed by atoms with Gasteiger partial charge in [0.15, 0.2) is 0 Å². The van der Waals surface area contributed by atoms with Crippen LogP contribution in [0.3, 0.4) is 0 Å². The van der Waals surface area contributed by atoms with Crippen LogP contribution in [0.25, 0.3) is 0 Å². The van der Waals surface area contributed by atoms with Crippen molar-refractivity contribution in [2.75, 3.05) is 7.05 Å². The summed E-state index contributed by atoms with van der Waals surface area (Å²) in [6.45, 7) is 0. The summed E-state index contributed by atoms with van der Waals surface area (Å²) in [5.41, 5.74) is 3.18. The molecule has 18 heavy (non-hydrogen) atoms. The number of thioether (sulfide) groups is 1. The molecule has 96 valence electrons. The van der Waals surface area contributed by atoms with Crippen molar-refractivity contribution in [2.45, 2.75) is 48.3 Å². The molecule has 2 aliphatic rings. The van der Waals surface area contributed by atoms with Crippen LogP contribution in [0.5, 0.6) is 0 Å². The van der Waals surface area contributed by atoms with Gasteiger partial charge in [-0.15, -0.1) is 11.8 Å². The number of allylic oxidation sites excluding steroid dienone is 1. The minimum atomic E-state index is 0.558. The van der Waals surface area contributed by atoms with E-state index in [4.69, 9.17) is 0 Å². The zero-order valence-electron chi connectivity index (χ0n) is 11.0. The molecule has 3 rings (SSSR count). The van der Waals surface area contributed by atoms with Crippen LogP contribution >= 0.6 is 11.8 Å². The second-order valence-corrected chi connectivity index (χ2v) is 6.54. The van der Waals surface area contributed by atoms with Gasteiger partial charge in [-0.1, -0.05) is 29.8 Å². The van der Waals surface area contributed by atoms with E-state index in [0.29, 0.717) is 11.3 Å². The summed E-state index contributed by atoms with van der Waals surface area (Å²) in [5, 5.41) is 4.24. The van der Waals surface area contributed by atoms with E-state index in [9.17, 15) is 0 Å². The van der Waals surface area contributed by atoms with Gasteiger partial charge in [0.2, 0.25) is 0 Å². The van der Waals surface area contributed by atoms with Crippen molar-refractivity contribution in [1.29, 1.82) is 0 Å². The summed E-state index contributed by atoms with van der Waals surface area (Å²) in [7, 11) is 2.11. The Morgan fingerprint density at radius 2 is 2.17 bits per heavy atom. The fraction of sp³-hybridized carbons (Fsp3) is 0.500. The van der Waals surface area contributed by atoms with Gasteiger partial charge in [0.25, 0.3) is 0 Å². The van der Waals surface area contributed by atoms with E-state index in [2.05, 4.69) is 54.5 Å². The van der Waals surface area contributed by atoms with Gasteiger partial charge in [-0.2, -0.15) is 0 Å². The molecular formula is C16H21NS. The predicted molar refractivity (Wildman–Crippen MR) is 79.2 cm³/mol. The lowest BCUT2D eigenvalue weighted by molar-refractivity contribution is 0.554. The van der Waals surface area contributed by atoms with Gasteiger partial charge in [0, 0.05) is 16.2 Å². The Bertz CT molecular complexity index is 427. The molecule has 0 saturated carbocycles. The summed E-state index contributed by atoms with van der Waals surface area (Å²) >= 11 is 2.06. The first-order valence-electron chi connectivity index (χ1n) is 6.99. The number of fused-ring (bicyclic) bond motifs is 1. The summed E-state index contributed by atoms with van der Waals surface area (Å²) in [6, 6.07) is 9.42. The minimum absolute atomic E-state index is 0.558. The highest BCUT2D eigenvalue weighted by atomic mass is 32.2. The van der Waals surface area contributed by atoms with Crippen molar-refractivity contribution in [3.05, 3.63) is 41.5 Å². The Kier molecular flexibility index (Phi) is 3.76. The van der Waals surface area contributed by atoms with Crippen LogP contribution in [-0.4, -0.2) is 18.3 Å². The molecule has 2 atom stereocenters. The van der Waals surface area contributed by atoms with Crippen LogP contribution in [0, 0.1) is 0 Å². The lowest BCUT2D eigenvalue weighted by atomic mass is 9.90. The molecule has 0 amide bonds. The van der Waals surface area contributed by atoms with Crippen LogP contribution in [0.2, 0.25) is 0 Å². The van der Waals surface area contributed by atoms with Crippen LogP contribution < -0.4 is 5.32 Å². The van der Waals surface area contributed by atoms with Gasteiger partial charge >= 0.3 is 0 Å². The number of benzene rings is 1. The van der Waals surface area contributed by atoms with Gasteiger partial charge in [-0.25, -0.2) is 0 Å². The van der Waals surface area contributed by atoms with Gasteiger partial charge in [0.1, 0.15) is 0 Å². The Morgan fingerprint density at radius 3 is 2.89 bits per heavy atom. The summed E-state index contributed by atoms with van der Waals surface area (Å²) in [4.78, 5) is 1.49. The molecule has 1 aromatic carbocycles. The smallest absolute Gasteiger partial charge is 0.0404 e. The predicted octanol–water partition coefficient (Wildman–Crippen LogP) is 3.79. The molecule has 0 radical (unpaired) electrons. The molecular weight excluding hydrogens is 238 g/mol. The van der Waals surface area contributed by atoms with Crippen molar-refractivity contribution >= 4 is 11.8 Å². The molecule has 1 nitrogen and oxygen atoms in total. The molecule has 0 aromatic heterocycles. The molecule has 1 heterocycles. The van der Waals surface area contributed by atoms with Crippen molar-refractivity contribution < 1.29 is 0 Å². The standard InChI is InChI=1S/C16H21NS/c1-17-16(12-7-3-2-4-8-12)15-11-13-9-5-6-10-14(13)18-15/h5-7,9-10,15-17H,2-4,8,11H2,1H3. The number of rotatable bonds is 3. The number of hydrogen-bond acceptors (Lipinski definition) is 2. The van der Waals surface area contributed by atoms with Crippen LogP contribution in [0.4, 0.5) is 0 Å². The van der Waals surface area contributed by atoms with E-state index in [1.165, 1.54) is 42.6 Å². The minimum Gasteiger partial charge on any atom is -0.312 e. The fourth-order valence-electron chi connectivity index (χ4n) is 3.15. The van der Waals surface area contributed by atoms with Crippen LogP contribution in [0.15, 0.2) is 40.8 Å². The van der Waals surface area contributed by atoms with Gasteiger partial charge in [-0.3, -0.25) is 0 Å². The van der Waals surface area contributed by atoms with E-state index >= 15 is 0 Å². The van der Waals surface area contributed by atoms with Crippen LogP contribution in [0.1, 0.15) is 31.2 Å². The van der Waals surface area contributed by atoms with E-state index in [0.717, 1.165) is 0 Å². The molecule has 1 aliphatic carbocycles. The number of likely N-dealkylation sites (N-methyl/N-ethyl adjacent to an activating group) is 1. The van der Waals surface area contributed by atoms with Gasteiger partial charge in [-0.05, 0) is 50.8 Å². The molecule has 0 spiro atoms. The Labute approximate surface area is 114 Å². The molecule has 1 N–H and O–H groups in total. The van der Waals surface area contributed by atoms with Crippen molar-refractivity contribution in [2.24, 2.45) is 0 Å². The molecule has 2 unspecified atom stereocenters. The molecule has 0 fully saturated rings. The fourth-order valence-corrected chi connectivity index (χ4v) is 4.65. The number of hydrogen-bond donors (Lipinski definition) is 1. The maximum Gasteiger partial charge on any atom is 0.0404 e. The lowest BCUT2D eigenvalue weighted by Gasteiger charge is -2.27. The highest BCUT2D eigenvalue weighted by molar-refractivity contribution is 8.00. The molecule has 0 bridgehead atoms. The van der Waals surface area contributed by atoms with Crippen molar-refractivity contribution in [3.63, 3.8) is 0 Å². The quantitative estimate of drug-likeness (QED) is 0.829. The first-order chi connectivity index (χ1) is 8.88. The average Bonchev–Trinajstić information content (AvgIpc) is 2.84. The largest absolute Gasteiger partial charge is 0.312 e. The zero-order valence-corrected chi connectivity index (χ0v) is 11.8. The lowest BCUT2D eigenvalue weighted by Crippen LogP contribution is -2.37. The third-order valence-corrected chi connectivity index (χ3v) is 5.47. The summed E-state index contributed by atoms with van der Waals surface area (Å²) in [5.74, 6) is 0. The first kappa shape index (κ1) is 12.3. The first-order valence-corrected chi connectivity index (χ1v) is 7.87. The van der Waals surface area contributed by atoms with Crippen molar-refractivity contribution in [1.82, 2.24) is 5.32 Å².